The number of halogens is 3. The number of hydrogen-bond donors (Lipinski definition) is 1. The zero-order valence-electron chi connectivity index (χ0n) is 4.74. The SMILES string of the molecule is Fc1cc(Cl)c(Br)cc1S. The Kier molecular flexibility index (Phi) is 2.61. The van der Waals surface area contributed by atoms with Crippen LogP contribution in [-0.4, -0.2) is 0 Å². The van der Waals surface area contributed by atoms with Gasteiger partial charge < -0.3 is 0 Å². The topological polar surface area (TPSA) is 0 Å². The van der Waals surface area contributed by atoms with Gasteiger partial charge in [-0.05, 0) is 28.1 Å². The van der Waals surface area contributed by atoms with Crippen LogP contribution in [0.25, 0.3) is 0 Å². The van der Waals surface area contributed by atoms with Crippen LogP contribution in [0.1, 0.15) is 0 Å². The highest BCUT2D eigenvalue weighted by Crippen LogP contribution is 2.26. The lowest BCUT2D eigenvalue weighted by molar-refractivity contribution is 0.602. The molecule has 1 rings (SSSR count). The van der Waals surface area contributed by atoms with Crippen molar-refractivity contribution in [3.63, 3.8) is 0 Å². The van der Waals surface area contributed by atoms with Gasteiger partial charge in [-0.3, -0.25) is 0 Å². The van der Waals surface area contributed by atoms with E-state index in [0.29, 0.717) is 9.50 Å². The molecule has 0 aliphatic rings. The van der Waals surface area contributed by atoms with Crippen molar-refractivity contribution in [2.45, 2.75) is 4.90 Å². The first-order valence-corrected chi connectivity index (χ1v) is 4.06. The first kappa shape index (κ1) is 8.37. The molecule has 0 bridgehead atoms. The Labute approximate surface area is 76.9 Å². The average molecular weight is 242 g/mol. The molecule has 0 heterocycles. The minimum atomic E-state index is -0.406. The fourth-order valence-corrected chi connectivity index (χ4v) is 1.38. The summed E-state index contributed by atoms with van der Waals surface area (Å²) in [6.45, 7) is 0. The van der Waals surface area contributed by atoms with Gasteiger partial charge in [-0.2, -0.15) is 0 Å². The molecule has 0 atom stereocenters. The number of rotatable bonds is 0. The van der Waals surface area contributed by atoms with E-state index >= 15 is 0 Å². The lowest BCUT2D eigenvalue weighted by Crippen LogP contribution is -1.77. The Morgan fingerprint density at radius 1 is 1.50 bits per heavy atom. The van der Waals surface area contributed by atoms with Crippen molar-refractivity contribution in [2.24, 2.45) is 0 Å². The molecule has 0 unspecified atom stereocenters. The normalized spacial score (nSPS) is 10.0. The Morgan fingerprint density at radius 3 is 2.60 bits per heavy atom. The summed E-state index contributed by atoms with van der Waals surface area (Å²) in [6, 6.07) is 2.73. The van der Waals surface area contributed by atoms with Crippen LogP contribution in [0.2, 0.25) is 5.02 Å². The fraction of sp³-hybridized carbons (Fsp3) is 0. The highest BCUT2D eigenvalue weighted by molar-refractivity contribution is 9.10. The maximum Gasteiger partial charge on any atom is 0.138 e. The van der Waals surface area contributed by atoms with Gasteiger partial charge in [-0.1, -0.05) is 11.6 Å². The molecule has 0 aliphatic carbocycles. The second kappa shape index (κ2) is 3.11. The van der Waals surface area contributed by atoms with Gasteiger partial charge in [0.2, 0.25) is 0 Å². The van der Waals surface area contributed by atoms with E-state index in [1.54, 1.807) is 0 Å². The fourth-order valence-electron chi connectivity index (χ4n) is 0.512. The van der Waals surface area contributed by atoms with Crippen molar-refractivity contribution in [2.75, 3.05) is 0 Å². The molecule has 0 N–H and O–H groups in total. The minimum Gasteiger partial charge on any atom is -0.206 e. The molecular formula is C6H3BrClFS. The first-order valence-electron chi connectivity index (χ1n) is 2.45. The van der Waals surface area contributed by atoms with E-state index in [4.69, 9.17) is 11.6 Å². The highest BCUT2D eigenvalue weighted by atomic mass is 79.9. The standard InChI is InChI=1S/C6H3BrClFS/c7-3-1-6(10)5(9)2-4(3)8/h1-2,10H. The summed E-state index contributed by atoms with van der Waals surface area (Å²) in [5.41, 5.74) is 0. The molecule has 54 valence electrons. The van der Waals surface area contributed by atoms with Gasteiger partial charge in [-0.15, -0.1) is 12.6 Å². The molecule has 4 heteroatoms. The maximum absolute atomic E-state index is 12.6. The van der Waals surface area contributed by atoms with E-state index in [9.17, 15) is 4.39 Å². The van der Waals surface area contributed by atoms with Crippen LogP contribution in [0.4, 0.5) is 4.39 Å². The zero-order chi connectivity index (χ0) is 7.72. The monoisotopic (exact) mass is 240 g/mol. The minimum absolute atomic E-state index is 0.288. The third kappa shape index (κ3) is 1.65. The van der Waals surface area contributed by atoms with E-state index in [2.05, 4.69) is 28.6 Å². The molecule has 10 heavy (non-hydrogen) atoms. The van der Waals surface area contributed by atoms with Crippen LogP contribution < -0.4 is 0 Å². The van der Waals surface area contributed by atoms with Crippen LogP contribution in [0.15, 0.2) is 21.5 Å². The lowest BCUT2D eigenvalue weighted by Gasteiger charge is -1.97. The summed E-state index contributed by atoms with van der Waals surface area (Å²) < 4.78 is 13.2. The smallest absolute Gasteiger partial charge is 0.138 e. The number of benzene rings is 1. The van der Waals surface area contributed by atoms with Crippen LogP contribution in [0.5, 0.6) is 0 Å². The molecule has 0 aliphatic heterocycles. The number of hydrogen-bond acceptors (Lipinski definition) is 1. The summed E-state index contributed by atoms with van der Waals surface area (Å²) >= 11 is 12.5. The third-order valence-electron chi connectivity index (χ3n) is 0.990. The van der Waals surface area contributed by atoms with Gasteiger partial charge in [0.05, 0.1) is 5.02 Å². The summed E-state index contributed by atoms with van der Waals surface area (Å²) in [4.78, 5) is 0.288. The Hall–Kier alpha value is 0.270. The molecule has 0 spiro atoms. The highest BCUT2D eigenvalue weighted by Gasteiger charge is 2.02. The molecule has 0 saturated heterocycles. The Balaban J connectivity index is 3.28. The summed E-state index contributed by atoms with van der Waals surface area (Å²) in [6.07, 6.45) is 0. The molecule has 0 amide bonds. The second-order valence-corrected chi connectivity index (χ2v) is 3.46. The summed E-state index contributed by atoms with van der Waals surface area (Å²) in [5, 5.41) is 0.357. The van der Waals surface area contributed by atoms with E-state index in [-0.39, 0.29) is 4.90 Å². The van der Waals surface area contributed by atoms with Crippen molar-refractivity contribution in [3.8, 4) is 0 Å². The van der Waals surface area contributed by atoms with Crippen LogP contribution in [-0.2, 0) is 0 Å². The van der Waals surface area contributed by atoms with E-state index < -0.39 is 5.82 Å². The van der Waals surface area contributed by atoms with Crippen LogP contribution in [0, 0.1) is 5.82 Å². The first-order chi connectivity index (χ1) is 4.61. The average Bonchev–Trinajstić information content (AvgIpc) is 1.84. The molecule has 0 nitrogen and oxygen atoms in total. The van der Waals surface area contributed by atoms with E-state index in [1.807, 2.05) is 0 Å². The van der Waals surface area contributed by atoms with E-state index in [1.165, 1.54) is 12.1 Å². The molecule has 0 fully saturated rings. The number of thiol groups is 1. The lowest BCUT2D eigenvalue weighted by atomic mass is 10.3. The van der Waals surface area contributed by atoms with Gasteiger partial charge in [0.25, 0.3) is 0 Å². The third-order valence-corrected chi connectivity index (χ3v) is 2.53. The van der Waals surface area contributed by atoms with Gasteiger partial charge >= 0.3 is 0 Å². The van der Waals surface area contributed by atoms with Gasteiger partial charge in [0, 0.05) is 9.37 Å². The van der Waals surface area contributed by atoms with Gasteiger partial charge in [0.1, 0.15) is 5.82 Å². The van der Waals surface area contributed by atoms with E-state index in [0.717, 1.165) is 0 Å². The molecule has 1 aromatic rings. The quantitative estimate of drug-likeness (QED) is 0.521. The van der Waals surface area contributed by atoms with Crippen molar-refractivity contribution < 1.29 is 4.39 Å². The molecule has 1 aromatic carbocycles. The van der Waals surface area contributed by atoms with Crippen molar-refractivity contribution in [1.29, 1.82) is 0 Å². The van der Waals surface area contributed by atoms with Crippen molar-refractivity contribution in [1.82, 2.24) is 0 Å². The predicted molar refractivity (Wildman–Crippen MR) is 46.4 cm³/mol. The van der Waals surface area contributed by atoms with Crippen LogP contribution >= 0.6 is 40.2 Å². The van der Waals surface area contributed by atoms with Crippen molar-refractivity contribution >= 4 is 40.2 Å². The Bertz CT molecular complexity index is 214. The van der Waals surface area contributed by atoms with Crippen LogP contribution in [0.3, 0.4) is 0 Å². The summed E-state index contributed by atoms with van der Waals surface area (Å²) in [7, 11) is 0. The summed E-state index contributed by atoms with van der Waals surface area (Å²) in [5.74, 6) is -0.406. The van der Waals surface area contributed by atoms with Crippen molar-refractivity contribution in [3.05, 3.63) is 27.4 Å². The molecular weight excluding hydrogens is 238 g/mol. The zero-order valence-corrected chi connectivity index (χ0v) is 7.97. The molecule has 0 aromatic heterocycles. The Morgan fingerprint density at radius 2 is 2.10 bits per heavy atom. The largest absolute Gasteiger partial charge is 0.206 e. The predicted octanol–water partition coefficient (Wildman–Crippen LogP) is 3.53. The molecule has 0 radical (unpaired) electrons. The van der Waals surface area contributed by atoms with Gasteiger partial charge in [-0.25, -0.2) is 4.39 Å². The maximum atomic E-state index is 12.6. The molecule has 0 saturated carbocycles. The van der Waals surface area contributed by atoms with Gasteiger partial charge in [0.15, 0.2) is 0 Å². The second-order valence-electron chi connectivity index (χ2n) is 1.72.